The zero-order valence-electron chi connectivity index (χ0n) is 12.5. The molecule has 0 aromatic heterocycles. The Morgan fingerprint density at radius 2 is 2.14 bits per heavy atom. The van der Waals surface area contributed by atoms with Crippen LogP contribution in [0, 0.1) is 12.7 Å². The Bertz CT molecular complexity index is 631. The molecule has 0 amide bonds. The fourth-order valence-corrected chi connectivity index (χ4v) is 4.40. The number of nitrogens with zero attached hydrogens (tertiary/aromatic N) is 1. The summed E-state index contributed by atoms with van der Waals surface area (Å²) in [4.78, 5) is -0.00373. The molecule has 0 radical (unpaired) electrons. The lowest BCUT2D eigenvalue weighted by Crippen LogP contribution is -2.56. The van der Waals surface area contributed by atoms with Crippen LogP contribution in [-0.2, 0) is 14.8 Å². The summed E-state index contributed by atoms with van der Waals surface area (Å²) < 4.78 is 46.0. The summed E-state index contributed by atoms with van der Waals surface area (Å²) in [6.07, 6.45) is -0.364. The SMILES string of the molecule is Cc1ccc(F)cc1S(=O)(=O)N1CC(CN)OC(C)(C)C1. The Kier molecular flexibility index (Phi) is 4.39. The van der Waals surface area contributed by atoms with Gasteiger partial charge in [-0.25, -0.2) is 12.8 Å². The lowest BCUT2D eigenvalue weighted by atomic mass is 10.1. The van der Waals surface area contributed by atoms with E-state index in [1.54, 1.807) is 6.92 Å². The van der Waals surface area contributed by atoms with E-state index in [-0.39, 0.29) is 30.6 Å². The van der Waals surface area contributed by atoms with E-state index in [0.29, 0.717) is 5.56 Å². The van der Waals surface area contributed by atoms with Gasteiger partial charge in [0.05, 0.1) is 16.6 Å². The lowest BCUT2D eigenvalue weighted by molar-refractivity contribution is -0.112. The predicted molar refractivity (Wildman–Crippen MR) is 77.9 cm³/mol. The molecular weight excluding hydrogens is 295 g/mol. The summed E-state index contributed by atoms with van der Waals surface area (Å²) >= 11 is 0. The van der Waals surface area contributed by atoms with Crippen molar-refractivity contribution in [3.63, 3.8) is 0 Å². The molecule has 0 aliphatic carbocycles. The highest BCUT2D eigenvalue weighted by Gasteiger charge is 2.39. The topological polar surface area (TPSA) is 72.6 Å². The molecule has 1 aromatic carbocycles. The molecule has 1 aliphatic rings. The standard InChI is InChI=1S/C14H21FN2O3S/c1-10-4-5-11(15)6-13(10)21(18,19)17-8-12(7-16)20-14(2,3)9-17/h4-6,12H,7-9,16H2,1-3H3. The fourth-order valence-electron chi connectivity index (χ4n) is 2.54. The van der Waals surface area contributed by atoms with Gasteiger partial charge in [-0.1, -0.05) is 6.07 Å². The van der Waals surface area contributed by atoms with E-state index in [1.165, 1.54) is 16.4 Å². The summed E-state index contributed by atoms with van der Waals surface area (Å²) in [5.74, 6) is -0.568. The van der Waals surface area contributed by atoms with Gasteiger partial charge in [-0.05, 0) is 38.5 Å². The van der Waals surface area contributed by atoms with Crippen molar-refractivity contribution >= 4 is 10.0 Å². The molecule has 0 bridgehead atoms. The maximum atomic E-state index is 13.4. The Morgan fingerprint density at radius 1 is 1.48 bits per heavy atom. The number of sulfonamides is 1. The maximum Gasteiger partial charge on any atom is 0.243 e. The Morgan fingerprint density at radius 3 is 2.76 bits per heavy atom. The van der Waals surface area contributed by atoms with Crippen LogP contribution in [0.15, 0.2) is 23.1 Å². The van der Waals surface area contributed by atoms with Crippen LogP contribution in [0.25, 0.3) is 0 Å². The Balaban J connectivity index is 2.41. The second-order valence-corrected chi connectivity index (χ2v) is 7.85. The number of hydrogen-bond acceptors (Lipinski definition) is 4. The minimum Gasteiger partial charge on any atom is -0.368 e. The molecule has 21 heavy (non-hydrogen) atoms. The summed E-state index contributed by atoms with van der Waals surface area (Å²) in [5, 5.41) is 0. The second kappa shape index (κ2) is 5.64. The largest absolute Gasteiger partial charge is 0.368 e. The van der Waals surface area contributed by atoms with Gasteiger partial charge in [0, 0.05) is 19.6 Å². The van der Waals surface area contributed by atoms with Crippen LogP contribution in [0.4, 0.5) is 4.39 Å². The Labute approximate surface area is 124 Å². The molecule has 1 aromatic rings. The first kappa shape index (κ1) is 16.4. The van der Waals surface area contributed by atoms with Gasteiger partial charge in [-0.3, -0.25) is 0 Å². The first-order chi connectivity index (χ1) is 9.65. The average Bonchev–Trinajstić information content (AvgIpc) is 2.39. The molecule has 0 spiro atoms. The van der Waals surface area contributed by atoms with Crippen LogP contribution in [0.3, 0.4) is 0 Å². The van der Waals surface area contributed by atoms with Gasteiger partial charge in [0.25, 0.3) is 0 Å². The fraction of sp³-hybridized carbons (Fsp3) is 0.571. The highest BCUT2D eigenvalue weighted by Crippen LogP contribution is 2.28. The highest BCUT2D eigenvalue weighted by atomic mass is 32.2. The van der Waals surface area contributed by atoms with Crippen molar-refractivity contribution in [2.45, 2.75) is 37.4 Å². The normalized spacial score (nSPS) is 23.2. The van der Waals surface area contributed by atoms with E-state index in [1.807, 2.05) is 13.8 Å². The van der Waals surface area contributed by atoms with Crippen molar-refractivity contribution in [2.75, 3.05) is 19.6 Å². The van der Waals surface area contributed by atoms with Gasteiger partial charge < -0.3 is 10.5 Å². The molecule has 118 valence electrons. The second-order valence-electron chi connectivity index (χ2n) is 5.94. The van der Waals surface area contributed by atoms with Crippen LogP contribution < -0.4 is 5.73 Å². The third kappa shape index (κ3) is 3.42. The minimum atomic E-state index is -3.77. The van der Waals surface area contributed by atoms with E-state index in [9.17, 15) is 12.8 Å². The van der Waals surface area contributed by atoms with Gasteiger partial charge >= 0.3 is 0 Å². The van der Waals surface area contributed by atoms with E-state index in [4.69, 9.17) is 10.5 Å². The molecule has 2 N–H and O–H groups in total. The first-order valence-corrected chi connectivity index (χ1v) is 8.24. The number of morpholine rings is 1. The van der Waals surface area contributed by atoms with E-state index >= 15 is 0 Å². The average molecular weight is 316 g/mol. The van der Waals surface area contributed by atoms with Crippen molar-refractivity contribution in [1.29, 1.82) is 0 Å². The smallest absolute Gasteiger partial charge is 0.243 e. The quantitative estimate of drug-likeness (QED) is 0.911. The third-order valence-corrected chi connectivity index (χ3v) is 5.43. The number of aryl methyl sites for hydroxylation is 1. The molecule has 7 heteroatoms. The lowest BCUT2D eigenvalue weighted by Gasteiger charge is -2.41. The zero-order valence-corrected chi connectivity index (χ0v) is 13.3. The number of ether oxygens (including phenoxy) is 1. The minimum absolute atomic E-state index is 0.00373. The van der Waals surface area contributed by atoms with Crippen molar-refractivity contribution in [1.82, 2.24) is 4.31 Å². The molecule has 1 aliphatic heterocycles. The van der Waals surface area contributed by atoms with Crippen LogP contribution in [0.1, 0.15) is 19.4 Å². The van der Waals surface area contributed by atoms with Gasteiger partial charge in [-0.2, -0.15) is 4.31 Å². The maximum absolute atomic E-state index is 13.4. The summed E-state index contributed by atoms with van der Waals surface area (Å²) in [7, 11) is -3.77. The van der Waals surface area contributed by atoms with Crippen LogP contribution in [0.5, 0.6) is 0 Å². The summed E-state index contributed by atoms with van der Waals surface area (Å²) in [5.41, 5.74) is 5.51. The molecule has 1 atom stereocenters. The van der Waals surface area contributed by atoms with Gasteiger partial charge in [0.2, 0.25) is 10.0 Å². The molecule has 1 saturated heterocycles. The molecule has 5 nitrogen and oxygen atoms in total. The van der Waals surface area contributed by atoms with Crippen molar-refractivity contribution in [2.24, 2.45) is 5.73 Å². The number of halogens is 1. The molecule has 0 saturated carbocycles. The zero-order chi connectivity index (χ0) is 15.8. The van der Waals surface area contributed by atoms with Crippen LogP contribution in [0.2, 0.25) is 0 Å². The Hall–Kier alpha value is -1.02. The highest BCUT2D eigenvalue weighted by molar-refractivity contribution is 7.89. The molecule has 2 rings (SSSR count). The monoisotopic (exact) mass is 316 g/mol. The molecule has 1 heterocycles. The predicted octanol–water partition coefficient (Wildman–Crippen LogP) is 1.26. The number of nitrogens with two attached hydrogens (primary N) is 1. The van der Waals surface area contributed by atoms with E-state index in [2.05, 4.69) is 0 Å². The summed E-state index contributed by atoms with van der Waals surface area (Å²) in [6.45, 7) is 5.90. The van der Waals surface area contributed by atoms with Gasteiger partial charge in [0.1, 0.15) is 5.82 Å². The number of hydrogen-bond donors (Lipinski definition) is 1. The summed E-state index contributed by atoms with van der Waals surface area (Å²) in [6, 6.07) is 3.78. The number of rotatable bonds is 3. The third-order valence-electron chi connectivity index (χ3n) is 3.48. The van der Waals surface area contributed by atoms with Crippen LogP contribution in [-0.4, -0.2) is 44.1 Å². The van der Waals surface area contributed by atoms with Gasteiger partial charge in [0.15, 0.2) is 0 Å². The van der Waals surface area contributed by atoms with E-state index < -0.39 is 21.4 Å². The molecule has 1 fully saturated rings. The van der Waals surface area contributed by atoms with Crippen molar-refractivity contribution in [3.05, 3.63) is 29.6 Å². The van der Waals surface area contributed by atoms with Gasteiger partial charge in [-0.15, -0.1) is 0 Å². The van der Waals surface area contributed by atoms with Crippen molar-refractivity contribution < 1.29 is 17.5 Å². The van der Waals surface area contributed by atoms with Crippen LogP contribution >= 0.6 is 0 Å². The number of benzene rings is 1. The molecule has 1 unspecified atom stereocenters. The van der Waals surface area contributed by atoms with Crippen molar-refractivity contribution in [3.8, 4) is 0 Å². The van der Waals surface area contributed by atoms with E-state index in [0.717, 1.165) is 6.07 Å². The first-order valence-electron chi connectivity index (χ1n) is 6.80. The molecular formula is C14H21FN2O3S.